The van der Waals surface area contributed by atoms with Gasteiger partial charge >= 0.3 is 0 Å². The molecule has 1 unspecified atom stereocenters. The van der Waals surface area contributed by atoms with E-state index in [1.54, 1.807) is 6.08 Å². The number of halogens is 1. The molecule has 3 nitrogen and oxygen atoms in total. The lowest BCUT2D eigenvalue weighted by molar-refractivity contribution is 0.459. The summed E-state index contributed by atoms with van der Waals surface area (Å²) in [4.78, 5) is 0. The highest BCUT2D eigenvalue weighted by Gasteiger charge is 2.14. The first-order chi connectivity index (χ1) is 6.57. The molecule has 0 aliphatic carbocycles. The van der Waals surface area contributed by atoms with Crippen LogP contribution in [0.15, 0.2) is 24.8 Å². The Labute approximate surface area is 81.8 Å². The molecule has 1 rings (SSSR count). The van der Waals surface area contributed by atoms with Crippen molar-refractivity contribution in [2.45, 2.75) is 12.5 Å². The van der Waals surface area contributed by atoms with Crippen LogP contribution in [0.5, 0.6) is 5.75 Å². The van der Waals surface area contributed by atoms with E-state index in [2.05, 4.69) is 6.58 Å². The van der Waals surface area contributed by atoms with E-state index in [4.69, 9.17) is 11.5 Å². The van der Waals surface area contributed by atoms with E-state index < -0.39 is 11.9 Å². The smallest absolute Gasteiger partial charge is 0.149 e. The van der Waals surface area contributed by atoms with Gasteiger partial charge in [-0.2, -0.15) is 0 Å². The Morgan fingerprint density at radius 1 is 1.57 bits per heavy atom. The van der Waals surface area contributed by atoms with Gasteiger partial charge in [-0.1, -0.05) is 12.1 Å². The maximum Gasteiger partial charge on any atom is 0.149 e. The first-order valence-electron chi connectivity index (χ1n) is 4.21. The van der Waals surface area contributed by atoms with Crippen molar-refractivity contribution in [2.24, 2.45) is 5.73 Å². The van der Waals surface area contributed by atoms with Crippen molar-refractivity contribution in [3.05, 3.63) is 36.2 Å². The second kappa shape index (κ2) is 4.11. The molecule has 0 saturated heterocycles. The normalized spacial score (nSPS) is 12.4. The van der Waals surface area contributed by atoms with Gasteiger partial charge in [-0.05, 0) is 12.5 Å². The first kappa shape index (κ1) is 10.5. The van der Waals surface area contributed by atoms with Gasteiger partial charge in [-0.15, -0.1) is 6.58 Å². The number of anilines is 1. The van der Waals surface area contributed by atoms with Crippen LogP contribution in [0.4, 0.5) is 10.1 Å². The minimum absolute atomic E-state index is 0.262. The Morgan fingerprint density at radius 3 is 2.79 bits per heavy atom. The summed E-state index contributed by atoms with van der Waals surface area (Å²) in [5.74, 6) is -0.920. The van der Waals surface area contributed by atoms with Gasteiger partial charge in [0, 0.05) is 11.6 Å². The predicted molar refractivity (Wildman–Crippen MR) is 54.2 cm³/mol. The van der Waals surface area contributed by atoms with E-state index in [0.29, 0.717) is 12.0 Å². The van der Waals surface area contributed by atoms with Crippen molar-refractivity contribution in [3.8, 4) is 5.75 Å². The lowest BCUT2D eigenvalue weighted by Crippen LogP contribution is -2.10. The van der Waals surface area contributed by atoms with E-state index in [-0.39, 0.29) is 11.4 Å². The van der Waals surface area contributed by atoms with E-state index in [1.807, 2.05) is 0 Å². The number of benzene rings is 1. The highest BCUT2D eigenvalue weighted by molar-refractivity contribution is 5.57. The number of hydrogen-bond donors (Lipinski definition) is 3. The van der Waals surface area contributed by atoms with Gasteiger partial charge in [-0.3, -0.25) is 0 Å². The fourth-order valence-corrected chi connectivity index (χ4v) is 1.21. The molecule has 0 radical (unpaired) electrons. The standard InChI is InChI=1S/C10H13FN2O/c1-2-3-8(12)6-4-5-7(11)9(13)10(6)14/h2,4-5,8,14H,1,3,12-13H2. The summed E-state index contributed by atoms with van der Waals surface area (Å²) in [6, 6.07) is 2.21. The minimum atomic E-state index is -0.642. The molecule has 0 aliphatic heterocycles. The fraction of sp³-hybridized carbons (Fsp3) is 0.200. The van der Waals surface area contributed by atoms with Crippen molar-refractivity contribution in [3.63, 3.8) is 0 Å². The molecule has 0 aromatic heterocycles. The van der Waals surface area contributed by atoms with Crippen molar-refractivity contribution in [1.29, 1.82) is 0 Å². The van der Waals surface area contributed by atoms with Gasteiger partial charge in [-0.25, -0.2) is 4.39 Å². The Kier molecular flexibility index (Phi) is 3.09. The Morgan fingerprint density at radius 2 is 2.21 bits per heavy atom. The Balaban J connectivity index is 3.10. The molecule has 0 aliphatic rings. The lowest BCUT2D eigenvalue weighted by Gasteiger charge is -2.13. The zero-order chi connectivity index (χ0) is 10.7. The monoisotopic (exact) mass is 196 g/mol. The fourth-order valence-electron chi connectivity index (χ4n) is 1.21. The van der Waals surface area contributed by atoms with Crippen LogP contribution in [0.2, 0.25) is 0 Å². The van der Waals surface area contributed by atoms with Gasteiger partial charge in [0.2, 0.25) is 0 Å². The van der Waals surface area contributed by atoms with Crippen LogP contribution in [0.1, 0.15) is 18.0 Å². The molecule has 5 N–H and O–H groups in total. The first-order valence-corrected chi connectivity index (χ1v) is 4.21. The summed E-state index contributed by atoms with van der Waals surface area (Å²) in [5.41, 5.74) is 11.2. The van der Waals surface area contributed by atoms with Gasteiger partial charge in [0.15, 0.2) is 0 Å². The summed E-state index contributed by atoms with van der Waals surface area (Å²) in [6.07, 6.45) is 2.13. The average Bonchev–Trinajstić information content (AvgIpc) is 2.15. The molecule has 1 aromatic rings. The third-order valence-corrected chi connectivity index (χ3v) is 2.02. The lowest BCUT2D eigenvalue weighted by atomic mass is 10.0. The molecule has 0 bridgehead atoms. The molecule has 14 heavy (non-hydrogen) atoms. The minimum Gasteiger partial charge on any atom is -0.505 e. The van der Waals surface area contributed by atoms with Crippen LogP contribution >= 0.6 is 0 Å². The molecule has 0 amide bonds. The van der Waals surface area contributed by atoms with Crippen molar-refractivity contribution in [1.82, 2.24) is 0 Å². The molecule has 1 atom stereocenters. The number of phenolic OH excluding ortho intramolecular Hbond substituents is 1. The van der Waals surface area contributed by atoms with Crippen LogP contribution in [0.25, 0.3) is 0 Å². The zero-order valence-electron chi connectivity index (χ0n) is 7.70. The molecule has 76 valence electrons. The second-order valence-corrected chi connectivity index (χ2v) is 3.03. The largest absolute Gasteiger partial charge is 0.505 e. The van der Waals surface area contributed by atoms with Gasteiger partial charge in [0.1, 0.15) is 17.3 Å². The second-order valence-electron chi connectivity index (χ2n) is 3.03. The van der Waals surface area contributed by atoms with Crippen LogP contribution in [0.3, 0.4) is 0 Å². The number of rotatable bonds is 3. The highest BCUT2D eigenvalue weighted by atomic mass is 19.1. The zero-order valence-corrected chi connectivity index (χ0v) is 7.70. The van der Waals surface area contributed by atoms with Crippen molar-refractivity contribution in [2.75, 3.05) is 5.73 Å². The summed E-state index contributed by atoms with van der Waals surface area (Å²) in [6.45, 7) is 3.53. The van der Waals surface area contributed by atoms with E-state index in [9.17, 15) is 9.50 Å². The number of phenols is 1. The molecule has 4 heteroatoms. The molecule has 0 saturated carbocycles. The molecular formula is C10H13FN2O. The average molecular weight is 196 g/mol. The molecular weight excluding hydrogens is 183 g/mol. The Hall–Kier alpha value is -1.55. The summed E-state index contributed by atoms with van der Waals surface area (Å²) >= 11 is 0. The third-order valence-electron chi connectivity index (χ3n) is 2.02. The molecule has 0 spiro atoms. The molecule has 0 heterocycles. The SMILES string of the molecule is C=CCC(N)c1ccc(F)c(N)c1O. The van der Waals surface area contributed by atoms with Crippen molar-refractivity contribution < 1.29 is 9.50 Å². The van der Waals surface area contributed by atoms with Gasteiger partial charge in [0.05, 0.1) is 0 Å². The Bertz CT molecular complexity index is 352. The van der Waals surface area contributed by atoms with Crippen LogP contribution < -0.4 is 11.5 Å². The highest BCUT2D eigenvalue weighted by Crippen LogP contribution is 2.32. The van der Waals surface area contributed by atoms with Gasteiger partial charge in [0.25, 0.3) is 0 Å². The predicted octanol–water partition coefficient (Wildman–Crippen LogP) is 1.69. The van der Waals surface area contributed by atoms with E-state index in [1.165, 1.54) is 12.1 Å². The van der Waals surface area contributed by atoms with Gasteiger partial charge < -0.3 is 16.6 Å². The van der Waals surface area contributed by atoms with Crippen molar-refractivity contribution >= 4 is 5.69 Å². The number of nitrogens with two attached hydrogens (primary N) is 2. The summed E-state index contributed by atoms with van der Waals surface area (Å²) in [7, 11) is 0. The number of hydrogen-bond acceptors (Lipinski definition) is 3. The van der Waals surface area contributed by atoms with E-state index in [0.717, 1.165) is 0 Å². The van der Waals surface area contributed by atoms with Crippen LogP contribution in [-0.2, 0) is 0 Å². The third kappa shape index (κ3) is 1.85. The maximum atomic E-state index is 12.9. The number of aromatic hydroxyl groups is 1. The van der Waals surface area contributed by atoms with Crippen LogP contribution in [0, 0.1) is 5.82 Å². The topological polar surface area (TPSA) is 72.3 Å². The van der Waals surface area contributed by atoms with Crippen LogP contribution in [-0.4, -0.2) is 5.11 Å². The summed E-state index contributed by atoms with van der Waals surface area (Å²) < 4.78 is 12.9. The molecule has 0 fully saturated rings. The maximum absolute atomic E-state index is 12.9. The molecule has 1 aromatic carbocycles. The van der Waals surface area contributed by atoms with E-state index >= 15 is 0 Å². The number of nitrogen functional groups attached to an aromatic ring is 1. The quantitative estimate of drug-likeness (QED) is 0.391. The summed E-state index contributed by atoms with van der Waals surface area (Å²) in [5, 5.41) is 9.50.